The molecule has 2 unspecified atom stereocenters. The summed E-state index contributed by atoms with van der Waals surface area (Å²) >= 11 is 6.31. The number of likely N-dealkylation sites (N-methyl/N-ethyl adjacent to an activating group) is 1. The van der Waals surface area contributed by atoms with Crippen LogP contribution in [0.3, 0.4) is 0 Å². The maximum absolute atomic E-state index is 10.6. The summed E-state index contributed by atoms with van der Waals surface area (Å²) in [4.78, 5) is 2.06. The van der Waals surface area contributed by atoms with Crippen molar-refractivity contribution in [2.75, 3.05) is 20.1 Å². The Morgan fingerprint density at radius 2 is 1.96 bits per heavy atom. The van der Waals surface area contributed by atoms with E-state index >= 15 is 0 Å². The number of ether oxygens (including phenoxy) is 1. The number of halogens is 1. The molecule has 2 atom stereocenters. The van der Waals surface area contributed by atoms with Gasteiger partial charge in [-0.15, -0.1) is 0 Å². The molecule has 0 aliphatic carbocycles. The maximum Gasteiger partial charge on any atom is 0.141 e. The second-order valence-electron chi connectivity index (χ2n) is 7.22. The summed E-state index contributed by atoms with van der Waals surface area (Å²) in [6.07, 6.45) is 2.39. The number of aliphatic hydroxyl groups excluding tert-OH is 1. The third-order valence-corrected chi connectivity index (χ3v) is 5.71. The second-order valence-corrected chi connectivity index (χ2v) is 7.62. The van der Waals surface area contributed by atoms with Gasteiger partial charge in [-0.2, -0.15) is 0 Å². The number of β-amino-alcohol motifs (C(OH)–C–C–N with tert-alkyl or cyclic N) is 1. The van der Waals surface area contributed by atoms with Gasteiger partial charge in [0.05, 0.1) is 11.1 Å². The highest BCUT2D eigenvalue weighted by Crippen LogP contribution is 2.48. The van der Waals surface area contributed by atoms with Crippen LogP contribution in [0.4, 0.5) is 0 Å². The molecule has 2 aliphatic rings. The number of allylic oxidation sites excluding steroid dienone is 1. The van der Waals surface area contributed by atoms with E-state index in [1.807, 2.05) is 31.3 Å². The highest BCUT2D eigenvalue weighted by molar-refractivity contribution is 6.32. The number of aliphatic hydroxyl groups is 1. The van der Waals surface area contributed by atoms with Crippen LogP contribution in [0.1, 0.15) is 29.0 Å². The molecule has 0 radical (unpaired) electrons. The number of phenolic OH excluding ortho intramolecular Hbond substituents is 2. The number of benzene rings is 2. The normalized spacial score (nSPS) is 22.7. The summed E-state index contributed by atoms with van der Waals surface area (Å²) in [6, 6.07) is 8.73. The van der Waals surface area contributed by atoms with Gasteiger partial charge in [0.2, 0.25) is 0 Å². The van der Waals surface area contributed by atoms with Crippen LogP contribution in [0.5, 0.6) is 17.2 Å². The fourth-order valence-electron chi connectivity index (χ4n) is 3.96. The van der Waals surface area contributed by atoms with Crippen LogP contribution in [-0.2, 0) is 6.42 Å². The average Bonchev–Trinajstić information content (AvgIpc) is 2.63. The van der Waals surface area contributed by atoms with Gasteiger partial charge < -0.3 is 25.0 Å². The number of piperidine rings is 1. The molecule has 142 valence electrons. The number of nitrogens with zero attached hydrogens (tertiary/aromatic N) is 1. The van der Waals surface area contributed by atoms with Crippen molar-refractivity contribution in [3.63, 3.8) is 0 Å². The van der Waals surface area contributed by atoms with Crippen molar-refractivity contribution in [2.45, 2.75) is 24.9 Å². The smallest absolute Gasteiger partial charge is 0.141 e. The minimum absolute atomic E-state index is 0.0110. The molecule has 2 aliphatic heterocycles. The lowest BCUT2D eigenvalue weighted by Crippen LogP contribution is -2.40. The van der Waals surface area contributed by atoms with E-state index in [-0.39, 0.29) is 17.4 Å². The molecule has 1 saturated heterocycles. The fourth-order valence-corrected chi connectivity index (χ4v) is 4.19. The van der Waals surface area contributed by atoms with E-state index in [0.717, 1.165) is 12.1 Å². The van der Waals surface area contributed by atoms with Crippen molar-refractivity contribution in [3.8, 4) is 17.2 Å². The summed E-state index contributed by atoms with van der Waals surface area (Å²) in [7, 11) is 1.96. The third kappa shape index (κ3) is 3.27. The van der Waals surface area contributed by atoms with Gasteiger partial charge in [-0.3, -0.25) is 0 Å². The Balaban J connectivity index is 1.78. The zero-order valence-corrected chi connectivity index (χ0v) is 15.8. The van der Waals surface area contributed by atoms with Crippen LogP contribution in [0.15, 0.2) is 36.4 Å². The first-order valence-electron chi connectivity index (χ1n) is 9.03. The molecule has 0 spiro atoms. The number of phenols is 2. The molecule has 5 nitrogen and oxygen atoms in total. The van der Waals surface area contributed by atoms with Gasteiger partial charge >= 0.3 is 0 Å². The van der Waals surface area contributed by atoms with Crippen LogP contribution >= 0.6 is 11.6 Å². The second kappa shape index (κ2) is 7.08. The molecule has 0 aromatic heterocycles. The molecule has 0 saturated carbocycles. The van der Waals surface area contributed by atoms with Gasteiger partial charge in [-0.25, -0.2) is 0 Å². The Labute approximate surface area is 163 Å². The van der Waals surface area contributed by atoms with Gasteiger partial charge in [0.15, 0.2) is 0 Å². The molecular weight excluding hydrogens is 366 g/mol. The van der Waals surface area contributed by atoms with Gasteiger partial charge in [-0.1, -0.05) is 23.7 Å². The zero-order chi connectivity index (χ0) is 19.1. The van der Waals surface area contributed by atoms with Crippen LogP contribution in [-0.4, -0.2) is 46.5 Å². The molecule has 2 aromatic carbocycles. The number of rotatable bonds is 2. The minimum atomic E-state index is -0.624. The van der Waals surface area contributed by atoms with E-state index in [1.54, 1.807) is 6.07 Å². The molecule has 4 rings (SSSR count). The molecule has 6 heteroatoms. The lowest BCUT2D eigenvalue weighted by molar-refractivity contribution is 0.0621. The molecule has 1 fully saturated rings. The molecule has 0 bridgehead atoms. The highest BCUT2D eigenvalue weighted by atomic mass is 35.5. The van der Waals surface area contributed by atoms with E-state index < -0.39 is 6.10 Å². The molecule has 2 aromatic rings. The van der Waals surface area contributed by atoms with Crippen molar-refractivity contribution in [1.82, 2.24) is 4.90 Å². The predicted molar refractivity (Wildman–Crippen MR) is 104 cm³/mol. The van der Waals surface area contributed by atoms with E-state index in [4.69, 9.17) is 16.3 Å². The van der Waals surface area contributed by atoms with Crippen LogP contribution in [0.2, 0.25) is 5.02 Å². The van der Waals surface area contributed by atoms with Crippen molar-refractivity contribution >= 4 is 17.4 Å². The van der Waals surface area contributed by atoms with E-state index in [9.17, 15) is 15.3 Å². The monoisotopic (exact) mass is 387 g/mol. The van der Waals surface area contributed by atoms with E-state index in [2.05, 4.69) is 4.90 Å². The van der Waals surface area contributed by atoms with Crippen molar-refractivity contribution < 1.29 is 20.1 Å². The van der Waals surface area contributed by atoms with Crippen LogP contribution in [0.25, 0.3) is 5.76 Å². The van der Waals surface area contributed by atoms with E-state index in [0.29, 0.717) is 47.0 Å². The number of hydrogen-bond acceptors (Lipinski definition) is 5. The van der Waals surface area contributed by atoms with Crippen LogP contribution in [0, 0.1) is 0 Å². The average molecular weight is 388 g/mol. The van der Waals surface area contributed by atoms with Gasteiger partial charge in [-0.05, 0) is 38.2 Å². The van der Waals surface area contributed by atoms with Gasteiger partial charge in [0.1, 0.15) is 23.0 Å². The topological polar surface area (TPSA) is 73.2 Å². The first-order valence-corrected chi connectivity index (χ1v) is 9.40. The van der Waals surface area contributed by atoms with Gasteiger partial charge in [0, 0.05) is 41.6 Å². The number of likely N-dealkylation sites (tertiary alicyclic amines) is 1. The van der Waals surface area contributed by atoms with Crippen molar-refractivity contribution in [1.29, 1.82) is 0 Å². The lowest BCUT2D eigenvalue weighted by Gasteiger charge is -2.36. The van der Waals surface area contributed by atoms with Gasteiger partial charge in [0.25, 0.3) is 0 Å². The quantitative estimate of drug-likeness (QED) is 0.735. The van der Waals surface area contributed by atoms with E-state index in [1.165, 1.54) is 6.07 Å². The number of hydrogen-bond donors (Lipinski definition) is 3. The Morgan fingerprint density at radius 1 is 1.19 bits per heavy atom. The molecule has 0 amide bonds. The lowest BCUT2D eigenvalue weighted by atomic mass is 9.84. The van der Waals surface area contributed by atoms with Crippen molar-refractivity contribution in [2.24, 2.45) is 0 Å². The Morgan fingerprint density at radius 3 is 2.70 bits per heavy atom. The Bertz CT molecular complexity index is 911. The number of aromatic hydroxyl groups is 2. The molecule has 27 heavy (non-hydrogen) atoms. The predicted octanol–water partition coefficient (Wildman–Crippen LogP) is 3.51. The molecule has 2 heterocycles. The first kappa shape index (κ1) is 18.2. The minimum Gasteiger partial charge on any atom is -0.507 e. The highest BCUT2D eigenvalue weighted by Gasteiger charge is 2.35. The maximum atomic E-state index is 10.6. The Kier molecular flexibility index (Phi) is 4.76. The summed E-state index contributed by atoms with van der Waals surface area (Å²) in [5.74, 6) is 0.685. The van der Waals surface area contributed by atoms with Crippen molar-refractivity contribution in [3.05, 3.63) is 58.1 Å². The SMILES string of the molecule is CN1CCC(c2c(O)cc(O)c3c2OC(c2ccccc2Cl)=CC3)C(O)C1. The number of fused-ring (bicyclic) bond motifs is 1. The third-order valence-electron chi connectivity index (χ3n) is 5.38. The zero-order valence-electron chi connectivity index (χ0n) is 15.0. The largest absolute Gasteiger partial charge is 0.507 e. The van der Waals surface area contributed by atoms with Crippen LogP contribution < -0.4 is 4.74 Å². The summed E-state index contributed by atoms with van der Waals surface area (Å²) in [5.41, 5.74) is 1.92. The first-order chi connectivity index (χ1) is 13.0. The molecule has 3 N–H and O–H groups in total. The summed E-state index contributed by atoms with van der Waals surface area (Å²) < 4.78 is 6.15. The fraction of sp³-hybridized carbons (Fsp3) is 0.333. The standard InChI is InChI=1S/C21H22ClNO4/c1-23-9-8-13(18(26)11-23)20-17(25)10-16(24)14-6-7-19(27-21(14)20)12-4-2-3-5-15(12)22/h2-5,7,10,13,18,24-26H,6,8-9,11H2,1H3. The molecular formula is C21H22ClNO4. The summed E-state index contributed by atoms with van der Waals surface area (Å²) in [5, 5.41) is 32.1. The summed E-state index contributed by atoms with van der Waals surface area (Å²) in [6.45, 7) is 1.33. The Hall–Kier alpha value is -2.21.